The first-order valence-electron chi connectivity index (χ1n) is 11.8. The Morgan fingerprint density at radius 1 is 1.19 bits per heavy atom. The molecule has 0 aromatic carbocycles. The summed E-state index contributed by atoms with van der Waals surface area (Å²) in [6.07, 6.45) is 7.02. The zero-order valence-electron chi connectivity index (χ0n) is 20.9. The molecule has 1 aliphatic rings. The maximum Gasteiger partial charge on any atom is 0.183 e. The predicted octanol–water partition coefficient (Wildman–Crippen LogP) is 5.40. The Labute approximate surface area is 218 Å². The molecule has 0 aliphatic carbocycles. The fourth-order valence-corrected chi connectivity index (χ4v) is 4.09. The molecule has 5 rings (SSSR count). The molecular formula is C26H25ClN8O2. The molecule has 4 aromatic heterocycles. The number of Topliss-reactive ketones (excluding diaryl/α,β-unsaturated/α-hetero) is 1. The molecular weight excluding hydrogens is 492 g/mol. The van der Waals surface area contributed by atoms with Gasteiger partial charge in [-0.15, -0.1) is 0 Å². The molecule has 0 saturated carbocycles. The average molecular weight is 517 g/mol. The van der Waals surface area contributed by atoms with E-state index in [1.54, 1.807) is 30.7 Å². The van der Waals surface area contributed by atoms with Gasteiger partial charge in [-0.25, -0.2) is 24.9 Å². The zero-order chi connectivity index (χ0) is 26.2. The van der Waals surface area contributed by atoms with Gasteiger partial charge in [0, 0.05) is 48.3 Å². The Morgan fingerprint density at radius 3 is 2.73 bits per heavy atom. The minimum absolute atomic E-state index is 0.132. The van der Waals surface area contributed by atoms with Crippen molar-refractivity contribution in [1.82, 2.24) is 30.1 Å². The van der Waals surface area contributed by atoms with Crippen LogP contribution >= 0.6 is 11.6 Å². The third-order valence-electron chi connectivity index (χ3n) is 5.90. The monoisotopic (exact) mass is 516 g/mol. The first kappa shape index (κ1) is 24.6. The largest absolute Gasteiger partial charge is 0.360 e. The van der Waals surface area contributed by atoms with Crippen LogP contribution in [0.1, 0.15) is 73.5 Å². The normalized spacial score (nSPS) is 13.7. The van der Waals surface area contributed by atoms with Crippen LogP contribution in [0.25, 0.3) is 0 Å². The zero-order valence-corrected chi connectivity index (χ0v) is 21.6. The SMILES string of the molecule is C[C@@H](CC(=O)c1ncnc(Nc2ccncc2)c1Cl)c1cc(C2=Nc3cnc(C(C)(C)C)nc3C2)no1. The molecule has 0 bridgehead atoms. The van der Waals surface area contributed by atoms with E-state index in [0.29, 0.717) is 23.7 Å². The van der Waals surface area contributed by atoms with E-state index in [9.17, 15) is 4.79 Å². The average Bonchev–Trinajstić information content (AvgIpc) is 3.52. The molecule has 0 amide bonds. The smallest absolute Gasteiger partial charge is 0.183 e. The van der Waals surface area contributed by atoms with Gasteiger partial charge in [-0.3, -0.25) is 9.78 Å². The molecule has 10 nitrogen and oxygen atoms in total. The summed E-state index contributed by atoms with van der Waals surface area (Å²) in [5.74, 6) is 1.21. The maximum atomic E-state index is 13.1. The summed E-state index contributed by atoms with van der Waals surface area (Å²) in [6, 6.07) is 5.36. The van der Waals surface area contributed by atoms with Crippen LogP contribution in [0.5, 0.6) is 0 Å². The van der Waals surface area contributed by atoms with Crippen molar-refractivity contribution in [3.05, 3.63) is 76.8 Å². The maximum absolute atomic E-state index is 13.1. The summed E-state index contributed by atoms with van der Waals surface area (Å²) in [5.41, 5.74) is 3.73. The molecule has 1 N–H and O–H groups in total. The van der Waals surface area contributed by atoms with Gasteiger partial charge in [0.2, 0.25) is 0 Å². The summed E-state index contributed by atoms with van der Waals surface area (Å²) in [7, 11) is 0. The number of pyridine rings is 1. The lowest BCUT2D eigenvalue weighted by Crippen LogP contribution is -2.16. The number of carbonyl (C=O) groups is 1. The second-order valence-corrected chi connectivity index (χ2v) is 10.3. The Bertz CT molecular complexity index is 1490. The quantitative estimate of drug-likeness (QED) is 0.320. The van der Waals surface area contributed by atoms with Crippen LogP contribution in [-0.2, 0) is 11.8 Å². The van der Waals surface area contributed by atoms with Crippen molar-refractivity contribution in [3.8, 4) is 0 Å². The number of halogens is 1. The van der Waals surface area contributed by atoms with Gasteiger partial charge < -0.3 is 9.84 Å². The number of hydrogen-bond acceptors (Lipinski definition) is 10. The predicted molar refractivity (Wildman–Crippen MR) is 139 cm³/mol. The van der Waals surface area contributed by atoms with Crippen molar-refractivity contribution in [1.29, 1.82) is 0 Å². The van der Waals surface area contributed by atoms with Gasteiger partial charge in [-0.05, 0) is 12.1 Å². The standard InChI is InChI=1S/C26H25ClN8O2/c1-14(9-20(36)23-22(27)24(31-13-30-23)32-15-5-7-28-8-6-15)21-11-18(35-37-21)16-10-17-19(33-16)12-29-25(34-17)26(2,3)4/h5-8,11-14H,9-10H2,1-4H3,(H,28,30,31,32)/t14-/m0/s1. The summed E-state index contributed by atoms with van der Waals surface area (Å²) < 4.78 is 5.58. The molecule has 188 valence electrons. The molecule has 0 spiro atoms. The number of aromatic nitrogens is 6. The highest BCUT2D eigenvalue weighted by molar-refractivity contribution is 6.36. The van der Waals surface area contributed by atoms with Crippen LogP contribution in [0.4, 0.5) is 17.2 Å². The van der Waals surface area contributed by atoms with Crippen LogP contribution in [0, 0.1) is 0 Å². The number of nitrogens with one attached hydrogen (secondary N) is 1. The molecule has 1 atom stereocenters. The lowest BCUT2D eigenvalue weighted by Gasteiger charge is -2.16. The molecule has 4 aromatic rings. The number of carbonyl (C=O) groups excluding carboxylic acids is 1. The van der Waals surface area contributed by atoms with Gasteiger partial charge in [0.15, 0.2) is 11.6 Å². The molecule has 0 saturated heterocycles. The Morgan fingerprint density at radius 2 is 1.97 bits per heavy atom. The van der Waals surface area contributed by atoms with E-state index >= 15 is 0 Å². The van der Waals surface area contributed by atoms with Crippen LogP contribution in [0.2, 0.25) is 5.02 Å². The highest BCUT2D eigenvalue weighted by Gasteiger charge is 2.26. The minimum Gasteiger partial charge on any atom is -0.360 e. The second-order valence-electron chi connectivity index (χ2n) is 9.90. The topological polar surface area (TPSA) is 132 Å². The minimum atomic E-state index is -0.256. The number of anilines is 2. The van der Waals surface area contributed by atoms with Crippen molar-refractivity contribution in [2.45, 2.75) is 51.9 Å². The number of rotatable bonds is 7. The first-order chi connectivity index (χ1) is 17.7. The van der Waals surface area contributed by atoms with Crippen LogP contribution in [0.15, 0.2) is 52.6 Å². The summed E-state index contributed by atoms with van der Waals surface area (Å²) in [5, 5.41) is 7.44. The number of nitrogens with zero attached hydrogens (tertiary/aromatic N) is 7. The highest BCUT2D eigenvalue weighted by Crippen LogP contribution is 2.31. The fraction of sp³-hybridized carbons (Fsp3) is 0.308. The van der Waals surface area contributed by atoms with E-state index < -0.39 is 0 Å². The van der Waals surface area contributed by atoms with Crippen LogP contribution in [-0.4, -0.2) is 41.6 Å². The van der Waals surface area contributed by atoms with Gasteiger partial charge in [0.1, 0.15) is 40.0 Å². The van der Waals surface area contributed by atoms with Crippen molar-refractivity contribution >= 4 is 40.3 Å². The van der Waals surface area contributed by atoms with E-state index in [-0.39, 0.29) is 34.3 Å². The van der Waals surface area contributed by atoms with E-state index in [4.69, 9.17) is 21.1 Å². The van der Waals surface area contributed by atoms with Gasteiger partial charge in [0.25, 0.3) is 0 Å². The Balaban J connectivity index is 1.27. The lowest BCUT2D eigenvalue weighted by molar-refractivity contribution is 0.0967. The van der Waals surface area contributed by atoms with E-state index in [2.05, 4.69) is 56.2 Å². The molecule has 0 unspecified atom stereocenters. The van der Waals surface area contributed by atoms with Crippen LogP contribution in [0.3, 0.4) is 0 Å². The highest BCUT2D eigenvalue weighted by atomic mass is 35.5. The van der Waals surface area contributed by atoms with Crippen molar-refractivity contribution in [2.75, 3.05) is 5.32 Å². The second kappa shape index (κ2) is 9.78. The molecule has 1 aliphatic heterocycles. The summed E-state index contributed by atoms with van der Waals surface area (Å²) in [4.78, 5) is 39.1. The van der Waals surface area contributed by atoms with E-state index in [1.165, 1.54) is 6.33 Å². The van der Waals surface area contributed by atoms with Crippen molar-refractivity contribution < 1.29 is 9.32 Å². The number of hydrogen-bond donors (Lipinski definition) is 1. The van der Waals surface area contributed by atoms with Crippen LogP contribution < -0.4 is 5.32 Å². The molecule has 0 fully saturated rings. The third-order valence-corrected chi connectivity index (χ3v) is 6.26. The summed E-state index contributed by atoms with van der Waals surface area (Å²) >= 11 is 6.47. The molecule has 0 radical (unpaired) electrons. The number of ketones is 1. The lowest BCUT2D eigenvalue weighted by atomic mass is 9.95. The molecule has 11 heteroatoms. The van der Waals surface area contributed by atoms with Gasteiger partial charge in [-0.2, -0.15) is 0 Å². The molecule has 5 heterocycles. The third kappa shape index (κ3) is 5.24. The van der Waals surface area contributed by atoms with Gasteiger partial charge >= 0.3 is 0 Å². The van der Waals surface area contributed by atoms with Crippen molar-refractivity contribution in [2.24, 2.45) is 4.99 Å². The first-order valence-corrected chi connectivity index (χ1v) is 12.2. The molecule has 37 heavy (non-hydrogen) atoms. The number of fused-ring (bicyclic) bond motifs is 1. The van der Waals surface area contributed by atoms with Gasteiger partial charge in [-0.1, -0.05) is 44.5 Å². The van der Waals surface area contributed by atoms with Gasteiger partial charge in [0.05, 0.1) is 17.6 Å². The van der Waals surface area contributed by atoms with Crippen molar-refractivity contribution in [3.63, 3.8) is 0 Å². The summed E-state index contributed by atoms with van der Waals surface area (Å²) in [6.45, 7) is 8.11. The fourth-order valence-electron chi connectivity index (χ4n) is 3.84. The Hall–Kier alpha value is -4.05. The van der Waals surface area contributed by atoms with E-state index in [1.807, 2.05) is 13.0 Å². The Kier molecular flexibility index (Phi) is 6.51. The van der Waals surface area contributed by atoms with E-state index in [0.717, 1.165) is 28.6 Å². The number of aliphatic imine (C=N–C) groups is 1.